The van der Waals surface area contributed by atoms with E-state index in [-0.39, 0.29) is 11.9 Å². The molecule has 30 heavy (non-hydrogen) atoms. The Morgan fingerprint density at radius 3 is 2.73 bits per heavy atom. The molecule has 154 valence electrons. The van der Waals surface area contributed by atoms with Crippen LogP contribution < -0.4 is 0 Å². The molecule has 6 nitrogen and oxygen atoms in total. The number of esters is 1. The topological polar surface area (TPSA) is 63.9 Å². The highest BCUT2D eigenvalue weighted by molar-refractivity contribution is 5.97. The standard InChI is InChI=1S/C24H25N3O3/c1-2-30-24(29)21-13-6-8-16-26(21)22(28)15-14-19-20-12-7-9-17-27(20)25-23(19)18-10-4-3-5-11-18/h3-5,7,9-12,14-15,17,21H,2,6,8,13,16H2,1H3/b15-14+. The van der Waals surface area contributed by atoms with Crippen LogP contribution in [0.4, 0.5) is 0 Å². The summed E-state index contributed by atoms with van der Waals surface area (Å²) < 4.78 is 6.99. The summed E-state index contributed by atoms with van der Waals surface area (Å²) in [7, 11) is 0. The van der Waals surface area contributed by atoms with E-state index in [0.29, 0.717) is 19.6 Å². The van der Waals surface area contributed by atoms with Gasteiger partial charge in [-0.3, -0.25) is 4.79 Å². The van der Waals surface area contributed by atoms with Crippen LogP contribution in [-0.2, 0) is 14.3 Å². The number of pyridine rings is 1. The Balaban J connectivity index is 1.66. The third-order valence-corrected chi connectivity index (χ3v) is 5.36. The molecule has 1 saturated heterocycles. The summed E-state index contributed by atoms with van der Waals surface area (Å²) in [4.78, 5) is 26.9. The maximum atomic E-state index is 13.0. The van der Waals surface area contributed by atoms with E-state index in [1.807, 2.05) is 65.3 Å². The summed E-state index contributed by atoms with van der Waals surface area (Å²) in [5.74, 6) is -0.498. The van der Waals surface area contributed by atoms with E-state index in [4.69, 9.17) is 9.84 Å². The summed E-state index contributed by atoms with van der Waals surface area (Å²) in [6.45, 7) is 2.66. The van der Waals surface area contributed by atoms with Gasteiger partial charge in [-0.1, -0.05) is 36.4 Å². The van der Waals surface area contributed by atoms with E-state index in [2.05, 4.69) is 0 Å². The van der Waals surface area contributed by atoms with E-state index >= 15 is 0 Å². The molecule has 0 bridgehead atoms. The summed E-state index contributed by atoms with van der Waals surface area (Å²) in [6, 6.07) is 15.2. The van der Waals surface area contributed by atoms with Crippen molar-refractivity contribution >= 4 is 23.5 Å². The molecule has 3 aromatic rings. The minimum atomic E-state index is -0.506. The number of likely N-dealkylation sites (tertiary alicyclic amines) is 1. The van der Waals surface area contributed by atoms with Crippen LogP contribution in [0, 0.1) is 0 Å². The molecule has 1 amide bonds. The average Bonchev–Trinajstić information content (AvgIpc) is 3.17. The van der Waals surface area contributed by atoms with Gasteiger partial charge in [-0.15, -0.1) is 0 Å². The first kappa shape index (κ1) is 19.9. The summed E-state index contributed by atoms with van der Waals surface area (Å²) >= 11 is 0. The smallest absolute Gasteiger partial charge is 0.328 e. The average molecular weight is 403 g/mol. The zero-order valence-electron chi connectivity index (χ0n) is 17.0. The fraction of sp³-hybridized carbons (Fsp3) is 0.292. The van der Waals surface area contributed by atoms with Crippen molar-refractivity contribution in [2.75, 3.05) is 13.2 Å². The first-order valence-corrected chi connectivity index (χ1v) is 10.4. The van der Waals surface area contributed by atoms with Crippen LogP contribution in [0.1, 0.15) is 31.7 Å². The van der Waals surface area contributed by atoms with Crippen LogP contribution in [0.3, 0.4) is 0 Å². The lowest BCUT2D eigenvalue weighted by Gasteiger charge is -2.33. The van der Waals surface area contributed by atoms with Gasteiger partial charge in [-0.05, 0) is 44.4 Å². The zero-order chi connectivity index (χ0) is 20.9. The predicted octanol–water partition coefficient (Wildman–Crippen LogP) is 3.96. The Bertz CT molecular complexity index is 1070. The molecule has 1 aliphatic heterocycles. The van der Waals surface area contributed by atoms with E-state index in [9.17, 15) is 9.59 Å². The largest absolute Gasteiger partial charge is 0.464 e. The number of benzene rings is 1. The van der Waals surface area contributed by atoms with Gasteiger partial charge >= 0.3 is 5.97 Å². The van der Waals surface area contributed by atoms with Crippen LogP contribution >= 0.6 is 0 Å². The SMILES string of the molecule is CCOC(=O)C1CCCCN1C(=O)/C=C/c1c(-c2ccccc2)nn2ccccc12. The lowest BCUT2D eigenvalue weighted by molar-refractivity contribution is -0.155. The molecule has 4 rings (SSSR count). The van der Waals surface area contributed by atoms with E-state index in [1.165, 1.54) is 0 Å². The molecule has 0 radical (unpaired) electrons. The van der Waals surface area contributed by atoms with Gasteiger partial charge in [0.25, 0.3) is 0 Å². The summed E-state index contributed by atoms with van der Waals surface area (Å²) in [5.41, 5.74) is 3.59. The van der Waals surface area contributed by atoms with Crippen LogP contribution in [0.2, 0.25) is 0 Å². The highest BCUT2D eigenvalue weighted by Crippen LogP contribution is 2.27. The number of piperidine rings is 1. The second-order valence-corrected chi connectivity index (χ2v) is 7.29. The number of nitrogens with zero attached hydrogens (tertiary/aromatic N) is 3. The van der Waals surface area contributed by atoms with Crippen molar-refractivity contribution in [3.8, 4) is 11.3 Å². The molecule has 6 heteroatoms. The first-order chi connectivity index (χ1) is 14.7. The Morgan fingerprint density at radius 2 is 1.93 bits per heavy atom. The molecule has 2 aromatic heterocycles. The Labute approximate surface area is 175 Å². The van der Waals surface area contributed by atoms with Gasteiger partial charge in [-0.25, -0.2) is 9.31 Å². The minimum Gasteiger partial charge on any atom is -0.464 e. The maximum Gasteiger partial charge on any atom is 0.328 e. The van der Waals surface area contributed by atoms with Crippen LogP contribution in [-0.4, -0.2) is 45.6 Å². The molecule has 1 aromatic carbocycles. The number of hydrogen-bond donors (Lipinski definition) is 0. The number of carbonyl (C=O) groups excluding carboxylic acids is 2. The Hall–Kier alpha value is -3.41. The highest BCUT2D eigenvalue weighted by atomic mass is 16.5. The van der Waals surface area contributed by atoms with Crippen molar-refractivity contribution in [2.45, 2.75) is 32.2 Å². The van der Waals surface area contributed by atoms with Crippen molar-refractivity contribution < 1.29 is 14.3 Å². The minimum absolute atomic E-state index is 0.179. The molecule has 1 fully saturated rings. The van der Waals surface area contributed by atoms with Gasteiger partial charge in [0.1, 0.15) is 11.7 Å². The fourth-order valence-electron chi connectivity index (χ4n) is 3.92. The summed E-state index contributed by atoms with van der Waals surface area (Å²) in [6.07, 6.45) is 7.70. The van der Waals surface area contributed by atoms with Crippen molar-refractivity contribution in [3.05, 3.63) is 66.4 Å². The third-order valence-electron chi connectivity index (χ3n) is 5.36. The van der Waals surface area contributed by atoms with Crippen LogP contribution in [0.5, 0.6) is 0 Å². The highest BCUT2D eigenvalue weighted by Gasteiger charge is 2.32. The second-order valence-electron chi connectivity index (χ2n) is 7.29. The number of ether oxygens (including phenoxy) is 1. The number of fused-ring (bicyclic) bond motifs is 1. The number of rotatable bonds is 5. The van der Waals surface area contributed by atoms with Gasteiger partial charge in [0.2, 0.25) is 5.91 Å². The molecular weight excluding hydrogens is 378 g/mol. The van der Waals surface area contributed by atoms with E-state index < -0.39 is 6.04 Å². The summed E-state index contributed by atoms with van der Waals surface area (Å²) in [5, 5.41) is 4.71. The molecule has 0 spiro atoms. The second kappa shape index (κ2) is 8.95. The van der Waals surface area contributed by atoms with Crippen molar-refractivity contribution in [3.63, 3.8) is 0 Å². The van der Waals surface area contributed by atoms with E-state index in [1.54, 1.807) is 17.9 Å². The predicted molar refractivity (Wildman–Crippen MR) is 116 cm³/mol. The lowest BCUT2D eigenvalue weighted by Crippen LogP contribution is -2.48. The van der Waals surface area contributed by atoms with Crippen LogP contribution in [0.15, 0.2) is 60.8 Å². The normalized spacial score (nSPS) is 16.8. The quantitative estimate of drug-likeness (QED) is 0.478. The van der Waals surface area contributed by atoms with Gasteiger partial charge in [0, 0.05) is 29.9 Å². The number of aromatic nitrogens is 2. The molecule has 1 atom stereocenters. The lowest BCUT2D eigenvalue weighted by atomic mass is 10.0. The first-order valence-electron chi connectivity index (χ1n) is 10.4. The number of hydrogen-bond acceptors (Lipinski definition) is 4. The molecular formula is C24H25N3O3. The van der Waals surface area contributed by atoms with Gasteiger partial charge in [0.05, 0.1) is 12.1 Å². The van der Waals surface area contributed by atoms with Gasteiger partial charge in [-0.2, -0.15) is 5.10 Å². The Morgan fingerprint density at radius 1 is 1.13 bits per heavy atom. The van der Waals surface area contributed by atoms with Crippen molar-refractivity contribution in [1.29, 1.82) is 0 Å². The van der Waals surface area contributed by atoms with E-state index in [0.717, 1.165) is 35.2 Å². The molecule has 1 unspecified atom stereocenters. The monoisotopic (exact) mass is 403 g/mol. The number of amides is 1. The van der Waals surface area contributed by atoms with Crippen molar-refractivity contribution in [2.24, 2.45) is 0 Å². The van der Waals surface area contributed by atoms with Crippen molar-refractivity contribution in [1.82, 2.24) is 14.5 Å². The molecule has 1 aliphatic rings. The molecule has 0 saturated carbocycles. The zero-order valence-corrected chi connectivity index (χ0v) is 17.0. The van der Waals surface area contributed by atoms with Crippen LogP contribution in [0.25, 0.3) is 22.9 Å². The fourth-order valence-corrected chi connectivity index (χ4v) is 3.92. The molecule has 0 aliphatic carbocycles. The number of carbonyl (C=O) groups is 2. The Kier molecular flexibility index (Phi) is 5.93. The molecule has 0 N–H and O–H groups in total. The molecule has 3 heterocycles. The van der Waals surface area contributed by atoms with Gasteiger partial charge < -0.3 is 9.64 Å². The third kappa shape index (κ3) is 3.99. The van der Waals surface area contributed by atoms with Gasteiger partial charge in [0.15, 0.2) is 0 Å². The maximum absolute atomic E-state index is 13.0.